The molecule has 1 aromatic rings. The first-order valence-electron chi connectivity index (χ1n) is 5.51. The van der Waals surface area contributed by atoms with Crippen LogP contribution in [0.25, 0.3) is 0 Å². The van der Waals surface area contributed by atoms with Crippen LogP contribution in [0.1, 0.15) is 26.5 Å². The monoisotopic (exact) mass is 241 g/mol. The van der Waals surface area contributed by atoms with E-state index in [-0.39, 0.29) is 5.69 Å². The van der Waals surface area contributed by atoms with Crippen molar-refractivity contribution < 1.29 is 4.92 Å². The van der Waals surface area contributed by atoms with E-state index in [0.717, 1.165) is 0 Å². The van der Waals surface area contributed by atoms with Gasteiger partial charge in [-0.1, -0.05) is 6.92 Å². The minimum atomic E-state index is -0.413. The molecule has 0 fully saturated rings. The highest BCUT2D eigenvalue weighted by Crippen LogP contribution is 2.30. The fourth-order valence-corrected chi connectivity index (χ4v) is 1.51. The Morgan fingerprint density at radius 2 is 2.18 bits per heavy atom. The van der Waals surface area contributed by atoms with Gasteiger partial charge in [0.2, 0.25) is 5.82 Å². The Labute approximate surface area is 100 Å². The smallest absolute Gasteiger partial charge is 0.333 e. The average Bonchev–Trinajstić information content (AvgIpc) is 2.55. The van der Waals surface area contributed by atoms with E-state index in [1.807, 2.05) is 20.8 Å². The van der Waals surface area contributed by atoms with Gasteiger partial charge in [-0.25, -0.2) is 4.68 Å². The van der Waals surface area contributed by atoms with Crippen molar-refractivity contribution in [1.29, 1.82) is 0 Å². The zero-order valence-corrected chi connectivity index (χ0v) is 10.6. The Hall–Kier alpha value is -1.63. The lowest BCUT2D eigenvalue weighted by Gasteiger charge is -2.24. The van der Waals surface area contributed by atoms with Gasteiger partial charge in [0.05, 0.1) is 4.92 Å². The summed E-state index contributed by atoms with van der Waals surface area (Å²) in [6, 6.07) is 0. The number of nitrogens with two attached hydrogens (primary N) is 1. The van der Waals surface area contributed by atoms with Gasteiger partial charge in [-0.3, -0.25) is 10.1 Å². The molecule has 0 aromatic carbocycles. The molecule has 0 aliphatic rings. The van der Waals surface area contributed by atoms with Gasteiger partial charge in [0.1, 0.15) is 5.69 Å². The first kappa shape index (κ1) is 13.4. The number of hydrogen-bond acceptors (Lipinski definition) is 5. The van der Waals surface area contributed by atoms with Crippen molar-refractivity contribution >= 4 is 11.5 Å². The van der Waals surface area contributed by atoms with Crippen LogP contribution in [0, 0.1) is 10.1 Å². The van der Waals surface area contributed by atoms with E-state index in [9.17, 15) is 10.1 Å². The summed E-state index contributed by atoms with van der Waals surface area (Å²) in [7, 11) is 1.68. The fraction of sp³-hybridized carbons (Fsp3) is 0.700. The Morgan fingerprint density at radius 3 is 2.59 bits per heavy atom. The molecule has 96 valence electrons. The van der Waals surface area contributed by atoms with Gasteiger partial charge in [0.15, 0.2) is 0 Å². The van der Waals surface area contributed by atoms with Crippen LogP contribution >= 0.6 is 0 Å². The Morgan fingerprint density at radius 1 is 1.59 bits per heavy atom. The third-order valence-electron chi connectivity index (χ3n) is 2.58. The minimum Gasteiger partial charge on any atom is -0.358 e. The number of rotatable bonds is 5. The molecule has 0 unspecified atom stereocenters. The van der Waals surface area contributed by atoms with Crippen LogP contribution < -0.4 is 11.1 Å². The summed E-state index contributed by atoms with van der Waals surface area (Å²) in [4.78, 5) is 10.7. The number of aromatic nitrogens is 2. The molecular weight excluding hydrogens is 222 g/mol. The number of aryl methyl sites for hydroxylation is 2. The van der Waals surface area contributed by atoms with Gasteiger partial charge in [0.25, 0.3) is 0 Å². The second-order valence-corrected chi connectivity index (χ2v) is 4.59. The molecule has 1 rings (SSSR count). The molecule has 3 N–H and O–H groups in total. The van der Waals surface area contributed by atoms with Gasteiger partial charge in [-0.15, -0.1) is 0 Å². The van der Waals surface area contributed by atoms with E-state index in [2.05, 4.69) is 10.4 Å². The van der Waals surface area contributed by atoms with E-state index in [1.54, 1.807) is 7.05 Å². The van der Waals surface area contributed by atoms with Crippen molar-refractivity contribution in [2.45, 2.75) is 32.7 Å². The summed E-state index contributed by atoms with van der Waals surface area (Å²) in [5.41, 5.74) is 5.71. The first-order valence-corrected chi connectivity index (χ1v) is 5.51. The summed E-state index contributed by atoms with van der Waals surface area (Å²) in [5.74, 6) is 0.405. The van der Waals surface area contributed by atoms with Crippen LogP contribution in [0.15, 0.2) is 0 Å². The highest BCUT2D eigenvalue weighted by molar-refractivity contribution is 5.60. The Kier molecular flexibility index (Phi) is 3.72. The molecule has 0 bridgehead atoms. The number of nitrogens with one attached hydrogen (secondary N) is 1. The molecule has 0 saturated heterocycles. The second-order valence-electron chi connectivity index (χ2n) is 4.59. The number of hydrogen-bond donors (Lipinski definition) is 2. The van der Waals surface area contributed by atoms with Crippen molar-refractivity contribution in [3.8, 4) is 0 Å². The van der Waals surface area contributed by atoms with Gasteiger partial charge in [-0.05, 0) is 20.3 Å². The Balaban J connectivity index is 3.23. The topological polar surface area (TPSA) is 99.0 Å². The SMILES string of the molecule is CCc1nn(C)c(NC(C)(C)CN)c1[N+](=O)[O-]. The molecule has 0 aliphatic heterocycles. The standard InChI is InChI=1S/C10H19N5O2/c1-5-7-8(15(16)17)9(14(4)13-7)12-10(2,3)6-11/h12H,5-6,11H2,1-4H3. The Bertz CT molecular complexity index is 425. The normalized spacial score (nSPS) is 11.6. The lowest BCUT2D eigenvalue weighted by molar-refractivity contribution is -0.384. The molecule has 7 nitrogen and oxygen atoms in total. The fourth-order valence-electron chi connectivity index (χ4n) is 1.51. The molecule has 17 heavy (non-hydrogen) atoms. The molecule has 0 spiro atoms. The zero-order chi connectivity index (χ0) is 13.2. The molecule has 0 aliphatic carbocycles. The lowest BCUT2D eigenvalue weighted by atomic mass is 10.1. The molecule has 0 saturated carbocycles. The largest absolute Gasteiger partial charge is 0.358 e. The van der Waals surface area contributed by atoms with E-state index in [0.29, 0.717) is 24.5 Å². The van der Waals surface area contributed by atoms with Crippen LogP contribution in [0.4, 0.5) is 11.5 Å². The van der Waals surface area contributed by atoms with Crippen molar-refractivity contribution in [2.24, 2.45) is 12.8 Å². The summed E-state index contributed by atoms with van der Waals surface area (Å²) in [6.07, 6.45) is 0.523. The van der Waals surface area contributed by atoms with Crippen LogP contribution in [-0.4, -0.2) is 26.8 Å². The van der Waals surface area contributed by atoms with Gasteiger partial charge < -0.3 is 11.1 Å². The summed E-state index contributed by atoms with van der Waals surface area (Å²) < 4.78 is 1.49. The summed E-state index contributed by atoms with van der Waals surface area (Å²) in [5, 5.41) is 18.3. The zero-order valence-electron chi connectivity index (χ0n) is 10.6. The quantitative estimate of drug-likeness (QED) is 0.592. The second kappa shape index (κ2) is 4.70. The number of nitrogens with zero attached hydrogens (tertiary/aromatic N) is 3. The minimum absolute atomic E-state index is 0.0384. The average molecular weight is 241 g/mol. The van der Waals surface area contributed by atoms with Gasteiger partial charge >= 0.3 is 5.69 Å². The lowest BCUT2D eigenvalue weighted by Crippen LogP contribution is -2.39. The highest BCUT2D eigenvalue weighted by Gasteiger charge is 2.29. The molecule has 0 atom stereocenters. The molecule has 1 heterocycles. The number of nitro groups is 1. The van der Waals surface area contributed by atoms with Gasteiger partial charge in [-0.2, -0.15) is 5.10 Å². The predicted molar refractivity (Wildman–Crippen MR) is 66.0 cm³/mol. The van der Waals surface area contributed by atoms with Crippen LogP contribution in [0.2, 0.25) is 0 Å². The van der Waals surface area contributed by atoms with Crippen molar-refractivity contribution in [3.63, 3.8) is 0 Å². The highest BCUT2D eigenvalue weighted by atomic mass is 16.6. The van der Waals surface area contributed by atoms with Crippen molar-refractivity contribution in [1.82, 2.24) is 9.78 Å². The predicted octanol–water partition coefficient (Wildman–Crippen LogP) is 1.04. The number of anilines is 1. The maximum Gasteiger partial charge on any atom is 0.333 e. The molecular formula is C10H19N5O2. The maximum absolute atomic E-state index is 11.1. The first-order chi connectivity index (χ1) is 7.82. The molecule has 0 radical (unpaired) electrons. The van der Waals surface area contributed by atoms with Crippen molar-refractivity contribution in [3.05, 3.63) is 15.8 Å². The third-order valence-corrected chi connectivity index (χ3v) is 2.58. The third kappa shape index (κ3) is 2.73. The molecule has 7 heteroatoms. The molecule has 1 aromatic heterocycles. The molecule has 0 amide bonds. The van der Waals surface area contributed by atoms with Crippen LogP contribution in [0.5, 0.6) is 0 Å². The maximum atomic E-state index is 11.1. The van der Waals surface area contributed by atoms with E-state index in [1.165, 1.54) is 4.68 Å². The van der Waals surface area contributed by atoms with E-state index < -0.39 is 10.5 Å². The van der Waals surface area contributed by atoms with E-state index >= 15 is 0 Å². The van der Waals surface area contributed by atoms with Crippen LogP contribution in [0.3, 0.4) is 0 Å². The van der Waals surface area contributed by atoms with E-state index in [4.69, 9.17) is 5.73 Å². The van der Waals surface area contributed by atoms with Crippen molar-refractivity contribution in [2.75, 3.05) is 11.9 Å². The summed E-state index contributed by atoms with van der Waals surface area (Å²) >= 11 is 0. The van der Waals surface area contributed by atoms with Gasteiger partial charge in [0, 0.05) is 19.1 Å². The van der Waals surface area contributed by atoms with Crippen LogP contribution in [-0.2, 0) is 13.5 Å². The summed E-state index contributed by atoms with van der Waals surface area (Å²) in [6.45, 7) is 5.98.